The second kappa shape index (κ2) is 9.34. The molecule has 2 aliphatic rings. The predicted molar refractivity (Wildman–Crippen MR) is 121 cm³/mol. The number of piperazine rings is 2. The Kier molecular flexibility index (Phi) is 6.36. The van der Waals surface area contributed by atoms with E-state index in [9.17, 15) is 4.79 Å². The number of nitrogens with zero attached hydrogens (tertiary/aromatic N) is 8. The number of aryl methyl sites for hydroxylation is 1. The minimum Gasteiger partial charge on any atom is -0.354 e. The molecule has 10 nitrogen and oxygen atoms in total. The first-order chi connectivity index (χ1) is 15.0. The quantitative estimate of drug-likeness (QED) is 0.545. The Balaban J connectivity index is 1.30. The number of rotatable bonds is 4. The van der Waals surface area contributed by atoms with Gasteiger partial charge in [-0.05, 0) is 18.7 Å². The smallest absolute Gasteiger partial charge is 0.246 e. The molecule has 0 spiro atoms. The number of carbonyl (C=O) groups is 1. The van der Waals surface area contributed by atoms with Crippen molar-refractivity contribution in [1.29, 1.82) is 0 Å². The second-order valence-corrected chi connectivity index (χ2v) is 8.05. The average Bonchev–Trinajstić information content (AvgIpc) is 3.21. The van der Waals surface area contributed by atoms with E-state index >= 15 is 0 Å². The minimum atomic E-state index is 0.0420. The number of aliphatic imine (C=N–C) groups is 1. The first-order valence-electron chi connectivity index (χ1n) is 10.7. The molecule has 0 aliphatic carbocycles. The van der Waals surface area contributed by atoms with Crippen LogP contribution in [0.5, 0.6) is 0 Å². The van der Waals surface area contributed by atoms with Gasteiger partial charge < -0.3 is 24.9 Å². The van der Waals surface area contributed by atoms with Gasteiger partial charge in [0, 0.05) is 72.3 Å². The Labute approximate surface area is 183 Å². The molecule has 0 radical (unpaired) electrons. The highest BCUT2D eigenvalue weighted by atomic mass is 16.2. The zero-order valence-corrected chi connectivity index (χ0v) is 18.5. The van der Waals surface area contributed by atoms with Crippen molar-refractivity contribution in [2.75, 3.05) is 69.7 Å². The summed E-state index contributed by atoms with van der Waals surface area (Å²) in [6.45, 7) is 6.35. The molecule has 31 heavy (non-hydrogen) atoms. The van der Waals surface area contributed by atoms with Gasteiger partial charge in [-0.3, -0.25) is 14.5 Å². The maximum atomic E-state index is 12.7. The first kappa shape index (κ1) is 21.1. The molecule has 2 aromatic heterocycles. The van der Waals surface area contributed by atoms with Crippen LogP contribution in [0.15, 0.2) is 35.7 Å². The molecule has 1 amide bonds. The zero-order chi connectivity index (χ0) is 21.8. The standard InChI is InChI=1S/C21H31N9O/c1-22-21(29-10-11-30(20(31)16-29)18-14-25-27(3)15-18)24-13-17-4-5-19(23-12-17)28-8-6-26(2)7-9-28/h4-5,12,14-15H,6-11,13,16H2,1-3H3,(H,22,24). The fourth-order valence-corrected chi connectivity index (χ4v) is 3.93. The fourth-order valence-electron chi connectivity index (χ4n) is 3.93. The van der Waals surface area contributed by atoms with Crippen LogP contribution in [0.4, 0.5) is 11.5 Å². The van der Waals surface area contributed by atoms with Gasteiger partial charge in [-0.1, -0.05) is 6.07 Å². The largest absolute Gasteiger partial charge is 0.354 e. The predicted octanol–water partition coefficient (Wildman–Crippen LogP) is -0.00890. The number of aromatic nitrogens is 3. The summed E-state index contributed by atoms with van der Waals surface area (Å²) in [5.74, 6) is 1.79. The molecule has 2 fully saturated rings. The van der Waals surface area contributed by atoms with Crippen LogP contribution < -0.4 is 15.1 Å². The van der Waals surface area contributed by atoms with E-state index in [1.54, 1.807) is 22.8 Å². The van der Waals surface area contributed by atoms with Gasteiger partial charge in [-0.25, -0.2) is 4.98 Å². The lowest BCUT2D eigenvalue weighted by Gasteiger charge is -2.35. The van der Waals surface area contributed by atoms with E-state index in [0.717, 1.165) is 49.2 Å². The van der Waals surface area contributed by atoms with Crippen LogP contribution >= 0.6 is 0 Å². The number of likely N-dealkylation sites (N-methyl/N-ethyl adjacent to an activating group) is 1. The third-order valence-corrected chi connectivity index (χ3v) is 5.82. The molecule has 0 saturated carbocycles. The molecular formula is C21H31N9O. The average molecular weight is 426 g/mol. The topological polar surface area (TPSA) is 85.1 Å². The summed E-state index contributed by atoms with van der Waals surface area (Å²) >= 11 is 0. The van der Waals surface area contributed by atoms with Crippen molar-refractivity contribution in [2.45, 2.75) is 6.54 Å². The van der Waals surface area contributed by atoms with Crippen LogP contribution in [0.1, 0.15) is 5.56 Å². The molecule has 4 rings (SSSR count). The Hall–Kier alpha value is -3.14. The van der Waals surface area contributed by atoms with Crippen molar-refractivity contribution < 1.29 is 4.79 Å². The Bertz CT molecular complexity index is 915. The first-order valence-corrected chi connectivity index (χ1v) is 10.7. The summed E-state index contributed by atoms with van der Waals surface area (Å²) in [4.78, 5) is 30.1. The van der Waals surface area contributed by atoms with E-state index in [2.05, 4.69) is 49.4 Å². The van der Waals surface area contributed by atoms with E-state index in [0.29, 0.717) is 19.6 Å². The second-order valence-electron chi connectivity index (χ2n) is 8.05. The molecule has 166 valence electrons. The summed E-state index contributed by atoms with van der Waals surface area (Å²) in [5.41, 5.74) is 1.92. The Morgan fingerprint density at radius 1 is 1.10 bits per heavy atom. The Morgan fingerprint density at radius 3 is 2.52 bits per heavy atom. The lowest BCUT2D eigenvalue weighted by Crippen LogP contribution is -2.55. The number of anilines is 2. The summed E-state index contributed by atoms with van der Waals surface area (Å²) in [7, 11) is 5.75. The van der Waals surface area contributed by atoms with Gasteiger partial charge in [0.1, 0.15) is 12.4 Å². The molecule has 0 aromatic carbocycles. The summed E-state index contributed by atoms with van der Waals surface area (Å²) < 4.78 is 1.71. The van der Waals surface area contributed by atoms with E-state index < -0.39 is 0 Å². The molecule has 0 unspecified atom stereocenters. The van der Waals surface area contributed by atoms with Crippen molar-refractivity contribution in [1.82, 2.24) is 29.9 Å². The van der Waals surface area contributed by atoms with Gasteiger partial charge >= 0.3 is 0 Å². The number of carbonyl (C=O) groups excluding carboxylic acids is 1. The lowest BCUT2D eigenvalue weighted by atomic mass is 10.2. The van der Waals surface area contributed by atoms with Crippen molar-refractivity contribution in [2.24, 2.45) is 12.0 Å². The SMILES string of the molecule is CN=C(NCc1ccc(N2CCN(C)CC2)nc1)N1CCN(c2cnn(C)c2)C(=O)C1. The molecular weight excluding hydrogens is 394 g/mol. The highest BCUT2D eigenvalue weighted by Gasteiger charge is 2.27. The van der Waals surface area contributed by atoms with Crippen molar-refractivity contribution in [3.8, 4) is 0 Å². The van der Waals surface area contributed by atoms with E-state index in [4.69, 9.17) is 0 Å². The van der Waals surface area contributed by atoms with Crippen molar-refractivity contribution in [3.05, 3.63) is 36.3 Å². The summed E-state index contributed by atoms with van der Waals surface area (Å²) in [6, 6.07) is 4.19. The molecule has 10 heteroatoms. The summed E-state index contributed by atoms with van der Waals surface area (Å²) in [6.07, 6.45) is 5.50. The van der Waals surface area contributed by atoms with Gasteiger partial charge in [0.25, 0.3) is 0 Å². The van der Waals surface area contributed by atoms with Crippen molar-refractivity contribution in [3.63, 3.8) is 0 Å². The van der Waals surface area contributed by atoms with Crippen LogP contribution in [0.3, 0.4) is 0 Å². The van der Waals surface area contributed by atoms with Gasteiger partial charge in [0.15, 0.2) is 5.96 Å². The maximum Gasteiger partial charge on any atom is 0.246 e. The molecule has 4 heterocycles. The maximum absolute atomic E-state index is 12.7. The Morgan fingerprint density at radius 2 is 1.90 bits per heavy atom. The lowest BCUT2D eigenvalue weighted by molar-refractivity contribution is -0.120. The van der Waals surface area contributed by atoms with Crippen LogP contribution in [0.2, 0.25) is 0 Å². The van der Waals surface area contributed by atoms with Crippen LogP contribution in [0.25, 0.3) is 0 Å². The van der Waals surface area contributed by atoms with Gasteiger partial charge in [0.05, 0.1) is 11.9 Å². The minimum absolute atomic E-state index is 0.0420. The third-order valence-electron chi connectivity index (χ3n) is 5.82. The van der Waals surface area contributed by atoms with Crippen LogP contribution in [0, 0.1) is 0 Å². The molecule has 0 atom stereocenters. The van der Waals surface area contributed by atoms with Gasteiger partial charge in [-0.15, -0.1) is 0 Å². The van der Waals surface area contributed by atoms with Crippen LogP contribution in [-0.2, 0) is 18.4 Å². The van der Waals surface area contributed by atoms with Gasteiger partial charge in [0.2, 0.25) is 5.91 Å². The highest BCUT2D eigenvalue weighted by molar-refractivity contribution is 5.98. The number of hydrogen-bond acceptors (Lipinski definition) is 6. The molecule has 0 bridgehead atoms. The number of pyridine rings is 1. The van der Waals surface area contributed by atoms with Crippen LogP contribution in [-0.4, -0.2) is 96.3 Å². The van der Waals surface area contributed by atoms with E-state index in [1.807, 2.05) is 24.3 Å². The van der Waals surface area contributed by atoms with E-state index in [-0.39, 0.29) is 12.5 Å². The zero-order valence-electron chi connectivity index (χ0n) is 18.5. The number of hydrogen-bond donors (Lipinski definition) is 1. The normalized spacial score (nSPS) is 18.6. The van der Waals surface area contributed by atoms with E-state index in [1.165, 1.54) is 0 Å². The molecule has 2 aromatic rings. The fraction of sp³-hybridized carbons (Fsp3) is 0.524. The van der Waals surface area contributed by atoms with Crippen molar-refractivity contribution >= 4 is 23.4 Å². The van der Waals surface area contributed by atoms with Gasteiger partial charge in [-0.2, -0.15) is 5.10 Å². The third kappa shape index (κ3) is 4.96. The number of guanidine groups is 1. The monoisotopic (exact) mass is 425 g/mol. The summed E-state index contributed by atoms with van der Waals surface area (Å²) in [5, 5.41) is 7.53. The molecule has 2 aliphatic heterocycles. The number of amides is 1. The number of nitrogens with one attached hydrogen (secondary N) is 1. The molecule has 1 N–H and O–H groups in total. The molecule has 2 saturated heterocycles. The highest BCUT2D eigenvalue weighted by Crippen LogP contribution is 2.16.